The highest BCUT2D eigenvalue weighted by Crippen LogP contribution is 2.18. The van der Waals surface area contributed by atoms with Gasteiger partial charge in [0.05, 0.1) is 0 Å². The molecule has 1 aromatic heterocycles. The number of benzene rings is 1. The Kier molecular flexibility index (Phi) is 3.94. The van der Waals surface area contributed by atoms with Crippen LogP contribution in [0.25, 0.3) is 11.5 Å². The topological polar surface area (TPSA) is 68.0 Å². The molecule has 0 spiro atoms. The molecule has 0 aliphatic carbocycles. The minimum absolute atomic E-state index is 0.00350. The third kappa shape index (κ3) is 3.40. The van der Waals surface area contributed by atoms with Crippen molar-refractivity contribution >= 4 is 5.91 Å². The molecule has 0 unspecified atom stereocenters. The highest BCUT2D eigenvalue weighted by Gasteiger charge is 2.15. The fourth-order valence-electron chi connectivity index (χ4n) is 1.50. The highest BCUT2D eigenvalue weighted by molar-refractivity contribution is 5.89. The number of nitrogens with one attached hydrogen (secondary N) is 1. The van der Waals surface area contributed by atoms with Crippen molar-refractivity contribution < 1.29 is 9.21 Å². The Hall–Kier alpha value is -2.17. The Morgan fingerprint density at radius 2 is 1.95 bits per heavy atom. The zero-order chi connectivity index (χ0) is 13.8. The van der Waals surface area contributed by atoms with E-state index in [1.807, 2.05) is 45.0 Å². The van der Waals surface area contributed by atoms with Gasteiger partial charge in [-0.25, -0.2) is 0 Å². The summed E-state index contributed by atoms with van der Waals surface area (Å²) in [5, 5.41) is 10.4. The predicted molar refractivity (Wildman–Crippen MR) is 71.6 cm³/mol. The molecular formula is C14H17N3O2. The standard InChI is InChI=1S/C14H17N3O2/c1-9(2)8-15-12(18)14-17-16-13(19-14)11-6-4-10(3)5-7-11/h4-7,9H,8H2,1-3H3,(H,15,18). The Balaban J connectivity index is 2.10. The second-order valence-corrected chi connectivity index (χ2v) is 4.88. The summed E-state index contributed by atoms with van der Waals surface area (Å²) in [6, 6.07) is 7.69. The van der Waals surface area contributed by atoms with Crippen LogP contribution in [0.2, 0.25) is 0 Å². The van der Waals surface area contributed by atoms with Crippen molar-refractivity contribution in [3.8, 4) is 11.5 Å². The van der Waals surface area contributed by atoms with E-state index in [9.17, 15) is 4.79 Å². The predicted octanol–water partition coefficient (Wildman–Crippen LogP) is 2.43. The fourth-order valence-corrected chi connectivity index (χ4v) is 1.50. The third-order valence-electron chi connectivity index (χ3n) is 2.59. The van der Waals surface area contributed by atoms with Gasteiger partial charge < -0.3 is 9.73 Å². The number of hydrogen-bond donors (Lipinski definition) is 1. The number of nitrogens with zero attached hydrogens (tertiary/aromatic N) is 2. The molecule has 0 saturated heterocycles. The van der Waals surface area contributed by atoms with Gasteiger partial charge in [-0.2, -0.15) is 0 Å². The minimum Gasteiger partial charge on any atom is -0.412 e. The highest BCUT2D eigenvalue weighted by atomic mass is 16.4. The third-order valence-corrected chi connectivity index (χ3v) is 2.59. The molecule has 0 atom stereocenters. The normalized spacial score (nSPS) is 10.7. The molecule has 1 aromatic carbocycles. The Labute approximate surface area is 112 Å². The summed E-state index contributed by atoms with van der Waals surface area (Å²) < 4.78 is 5.37. The van der Waals surface area contributed by atoms with Crippen LogP contribution in [-0.2, 0) is 0 Å². The van der Waals surface area contributed by atoms with Crippen LogP contribution in [0.3, 0.4) is 0 Å². The molecule has 0 aliphatic heterocycles. The number of aryl methyl sites for hydroxylation is 1. The summed E-state index contributed by atoms with van der Waals surface area (Å²) in [4.78, 5) is 11.7. The van der Waals surface area contributed by atoms with Crippen LogP contribution in [-0.4, -0.2) is 22.6 Å². The first-order valence-electron chi connectivity index (χ1n) is 6.25. The molecule has 0 fully saturated rings. The quantitative estimate of drug-likeness (QED) is 0.915. The van der Waals surface area contributed by atoms with E-state index < -0.39 is 0 Å². The Morgan fingerprint density at radius 3 is 2.58 bits per heavy atom. The lowest BCUT2D eigenvalue weighted by Crippen LogP contribution is -2.27. The van der Waals surface area contributed by atoms with Gasteiger partial charge in [0.1, 0.15) is 0 Å². The molecule has 0 bridgehead atoms. The molecule has 0 radical (unpaired) electrons. The molecule has 19 heavy (non-hydrogen) atoms. The summed E-state index contributed by atoms with van der Waals surface area (Å²) in [6.07, 6.45) is 0. The number of hydrogen-bond acceptors (Lipinski definition) is 4. The van der Waals surface area contributed by atoms with Crippen molar-refractivity contribution in [2.45, 2.75) is 20.8 Å². The number of carbonyl (C=O) groups excluding carboxylic acids is 1. The van der Waals surface area contributed by atoms with Gasteiger partial charge in [-0.1, -0.05) is 31.5 Å². The fraction of sp³-hybridized carbons (Fsp3) is 0.357. The van der Waals surface area contributed by atoms with Gasteiger partial charge in [0, 0.05) is 12.1 Å². The van der Waals surface area contributed by atoms with E-state index >= 15 is 0 Å². The molecule has 0 aliphatic rings. The van der Waals surface area contributed by atoms with Crippen molar-refractivity contribution in [3.63, 3.8) is 0 Å². The van der Waals surface area contributed by atoms with Crippen molar-refractivity contribution in [1.82, 2.24) is 15.5 Å². The molecule has 2 rings (SSSR count). The summed E-state index contributed by atoms with van der Waals surface area (Å²) in [5.41, 5.74) is 1.96. The largest absolute Gasteiger partial charge is 0.412 e. The van der Waals surface area contributed by atoms with Gasteiger partial charge in [-0.3, -0.25) is 4.79 Å². The number of rotatable bonds is 4. The van der Waals surface area contributed by atoms with Crippen molar-refractivity contribution in [2.24, 2.45) is 5.92 Å². The maximum absolute atomic E-state index is 11.7. The summed E-state index contributed by atoms with van der Waals surface area (Å²) in [6.45, 7) is 6.63. The maximum atomic E-state index is 11.7. The Morgan fingerprint density at radius 1 is 1.26 bits per heavy atom. The number of aromatic nitrogens is 2. The van der Waals surface area contributed by atoms with Crippen molar-refractivity contribution in [2.75, 3.05) is 6.54 Å². The lowest BCUT2D eigenvalue weighted by molar-refractivity contribution is 0.0915. The lowest BCUT2D eigenvalue weighted by Gasteiger charge is -2.04. The average Bonchev–Trinajstić information content (AvgIpc) is 2.86. The van der Waals surface area contributed by atoms with Gasteiger partial charge in [0.2, 0.25) is 5.89 Å². The van der Waals surface area contributed by atoms with Crippen LogP contribution in [0, 0.1) is 12.8 Å². The average molecular weight is 259 g/mol. The maximum Gasteiger partial charge on any atom is 0.308 e. The van der Waals surface area contributed by atoms with E-state index in [0.717, 1.165) is 11.1 Å². The van der Waals surface area contributed by atoms with Crippen molar-refractivity contribution in [1.29, 1.82) is 0 Å². The molecule has 1 N–H and O–H groups in total. The van der Waals surface area contributed by atoms with E-state index in [1.54, 1.807) is 0 Å². The van der Waals surface area contributed by atoms with Gasteiger partial charge in [-0.15, -0.1) is 10.2 Å². The van der Waals surface area contributed by atoms with E-state index in [4.69, 9.17) is 4.42 Å². The van der Waals surface area contributed by atoms with Crippen LogP contribution in [0.1, 0.15) is 30.1 Å². The van der Waals surface area contributed by atoms with Gasteiger partial charge in [-0.05, 0) is 25.0 Å². The SMILES string of the molecule is Cc1ccc(-c2nnc(C(=O)NCC(C)C)o2)cc1. The van der Waals surface area contributed by atoms with E-state index in [0.29, 0.717) is 18.4 Å². The molecule has 2 aromatic rings. The van der Waals surface area contributed by atoms with Gasteiger partial charge >= 0.3 is 11.8 Å². The summed E-state index contributed by atoms with van der Waals surface area (Å²) in [5.74, 6) is 0.397. The summed E-state index contributed by atoms with van der Waals surface area (Å²) >= 11 is 0. The zero-order valence-corrected chi connectivity index (χ0v) is 11.3. The van der Waals surface area contributed by atoms with E-state index in [-0.39, 0.29) is 11.8 Å². The summed E-state index contributed by atoms with van der Waals surface area (Å²) in [7, 11) is 0. The van der Waals surface area contributed by atoms with Crippen LogP contribution < -0.4 is 5.32 Å². The molecule has 1 amide bonds. The molecule has 100 valence electrons. The van der Waals surface area contributed by atoms with Gasteiger partial charge in [0.25, 0.3) is 0 Å². The smallest absolute Gasteiger partial charge is 0.308 e. The molecule has 0 saturated carbocycles. The second-order valence-electron chi connectivity index (χ2n) is 4.88. The molecule has 5 nitrogen and oxygen atoms in total. The first-order valence-corrected chi connectivity index (χ1v) is 6.25. The van der Waals surface area contributed by atoms with E-state index in [2.05, 4.69) is 15.5 Å². The first kappa shape index (κ1) is 13.3. The van der Waals surface area contributed by atoms with Crippen LogP contribution >= 0.6 is 0 Å². The zero-order valence-electron chi connectivity index (χ0n) is 11.3. The van der Waals surface area contributed by atoms with Crippen molar-refractivity contribution in [3.05, 3.63) is 35.7 Å². The first-order chi connectivity index (χ1) is 9.06. The number of carbonyl (C=O) groups is 1. The van der Waals surface area contributed by atoms with Gasteiger partial charge in [0.15, 0.2) is 0 Å². The number of amides is 1. The van der Waals surface area contributed by atoms with E-state index in [1.165, 1.54) is 0 Å². The molecule has 1 heterocycles. The minimum atomic E-state index is -0.334. The lowest BCUT2D eigenvalue weighted by atomic mass is 10.1. The second kappa shape index (κ2) is 5.65. The van der Waals surface area contributed by atoms with Crippen LogP contribution in [0.15, 0.2) is 28.7 Å². The molecular weight excluding hydrogens is 242 g/mol. The molecule has 5 heteroatoms. The van der Waals surface area contributed by atoms with Crippen LogP contribution in [0.5, 0.6) is 0 Å². The van der Waals surface area contributed by atoms with Crippen LogP contribution in [0.4, 0.5) is 0 Å². The monoisotopic (exact) mass is 259 g/mol. The Bertz CT molecular complexity index is 558.